The van der Waals surface area contributed by atoms with Crippen LogP contribution in [0.15, 0.2) is 21.8 Å². The first-order valence-electron chi connectivity index (χ1n) is 4.60. The maximum atomic E-state index is 5.34. The lowest BCUT2D eigenvalue weighted by Gasteiger charge is -2.05. The minimum Gasteiger partial charge on any atom is -0.377 e. The van der Waals surface area contributed by atoms with Crippen LogP contribution in [0.4, 0.5) is 5.82 Å². The number of nitrogens with zero attached hydrogens (tertiary/aromatic N) is 4. The highest BCUT2D eigenvalue weighted by Gasteiger charge is 2.07. The van der Waals surface area contributed by atoms with Gasteiger partial charge < -0.3 is 10.2 Å². The Hall–Kier alpha value is -1.29. The summed E-state index contributed by atoms with van der Waals surface area (Å²) in [6.45, 7) is 0.333. The Labute approximate surface area is 106 Å². The lowest BCUT2D eigenvalue weighted by atomic mass is 10.5. The highest BCUT2D eigenvalue weighted by atomic mass is 32.2. The molecule has 2 aromatic heterocycles. The molecule has 9 heteroatoms. The zero-order valence-corrected chi connectivity index (χ0v) is 10.6. The van der Waals surface area contributed by atoms with Crippen molar-refractivity contribution < 1.29 is 4.74 Å². The second kappa shape index (κ2) is 5.87. The predicted octanol–water partition coefficient (Wildman–Crippen LogP) is 0.911. The Morgan fingerprint density at radius 3 is 3.06 bits per heavy atom. The van der Waals surface area contributed by atoms with Crippen LogP contribution in [-0.2, 0) is 11.3 Å². The van der Waals surface area contributed by atoms with Crippen LogP contribution in [0, 0.1) is 0 Å². The van der Waals surface area contributed by atoms with E-state index < -0.39 is 0 Å². The maximum absolute atomic E-state index is 5.34. The van der Waals surface area contributed by atoms with Gasteiger partial charge in [0.05, 0.1) is 0 Å². The number of aromatic nitrogens is 4. The van der Waals surface area contributed by atoms with Crippen molar-refractivity contribution in [3.63, 3.8) is 0 Å². The molecule has 0 amide bonds. The number of methoxy groups -OCH3 is 1. The van der Waals surface area contributed by atoms with E-state index in [-0.39, 0.29) is 0 Å². The van der Waals surface area contributed by atoms with Crippen LogP contribution >= 0.6 is 23.3 Å². The van der Waals surface area contributed by atoms with E-state index in [1.54, 1.807) is 13.2 Å². The number of nitrogen functional groups attached to an aromatic ring is 1. The van der Waals surface area contributed by atoms with Gasteiger partial charge in [-0.15, -0.1) is 0 Å². The maximum Gasteiger partial charge on any atom is 0.175 e. The van der Waals surface area contributed by atoms with E-state index in [1.807, 2.05) is 0 Å². The van der Waals surface area contributed by atoms with Crippen molar-refractivity contribution in [1.29, 1.82) is 0 Å². The van der Waals surface area contributed by atoms with Crippen molar-refractivity contribution in [1.82, 2.24) is 19.3 Å². The van der Waals surface area contributed by atoms with Gasteiger partial charge in [0, 0.05) is 13.2 Å². The number of nitrogens with two attached hydrogens (primary N) is 1. The molecule has 0 spiro atoms. The summed E-state index contributed by atoms with van der Waals surface area (Å²) in [6.07, 6.45) is 1.51. The number of nitrogens with one attached hydrogen (secondary N) is 1. The molecule has 0 saturated carbocycles. The summed E-state index contributed by atoms with van der Waals surface area (Å²) in [5.74, 6) is 6.45. The minimum absolute atomic E-state index is 0.333. The van der Waals surface area contributed by atoms with Gasteiger partial charge in [0.25, 0.3) is 0 Å². The molecule has 17 heavy (non-hydrogen) atoms. The molecule has 0 saturated heterocycles. The summed E-state index contributed by atoms with van der Waals surface area (Å²) in [5.41, 5.74) is 2.49. The van der Waals surface area contributed by atoms with Gasteiger partial charge in [-0.2, -0.15) is 4.37 Å². The van der Waals surface area contributed by atoms with Gasteiger partial charge in [-0.1, -0.05) is 0 Å². The van der Waals surface area contributed by atoms with Crippen molar-refractivity contribution in [2.45, 2.75) is 16.0 Å². The van der Waals surface area contributed by atoms with E-state index in [2.05, 4.69) is 24.8 Å². The average molecular weight is 270 g/mol. The van der Waals surface area contributed by atoms with E-state index >= 15 is 0 Å². The minimum atomic E-state index is 0.333. The molecule has 0 bridgehead atoms. The van der Waals surface area contributed by atoms with Crippen LogP contribution in [0.25, 0.3) is 0 Å². The highest BCUT2D eigenvalue weighted by molar-refractivity contribution is 8.00. The second-order valence-corrected chi connectivity index (χ2v) is 4.94. The Morgan fingerprint density at radius 1 is 1.53 bits per heavy atom. The molecule has 0 aliphatic rings. The lowest BCUT2D eigenvalue weighted by molar-refractivity contribution is 0.177. The van der Waals surface area contributed by atoms with E-state index in [4.69, 9.17) is 10.6 Å². The van der Waals surface area contributed by atoms with Gasteiger partial charge in [-0.05, 0) is 23.3 Å². The first-order chi connectivity index (χ1) is 8.31. The normalized spacial score (nSPS) is 10.5. The second-order valence-electron chi connectivity index (χ2n) is 2.89. The summed E-state index contributed by atoms with van der Waals surface area (Å²) in [4.78, 5) is 12.5. The molecule has 2 heterocycles. The molecule has 0 aliphatic heterocycles. The van der Waals surface area contributed by atoms with E-state index in [1.165, 1.54) is 29.6 Å². The van der Waals surface area contributed by atoms with E-state index in [0.717, 1.165) is 9.37 Å². The number of rotatable bonds is 5. The van der Waals surface area contributed by atoms with Crippen LogP contribution in [0.1, 0.15) is 5.82 Å². The molecule has 0 radical (unpaired) electrons. The van der Waals surface area contributed by atoms with Gasteiger partial charge in [-0.25, -0.2) is 20.8 Å². The largest absolute Gasteiger partial charge is 0.377 e. The lowest BCUT2D eigenvalue weighted by Crippen LogP contribution is -2.11. The van der Waals surface area contributed by atoms with Gasteiger partial charge in [0.15, 0.2) is 10.2 Å². The van der Waals surface area contributed by atoms with Crippen LogP contribution < -0.4 is 11.3 Å². The van der Waals surface area contributed by atoms with Crippen LogP contribution in [-0.4, -0.2) is 26.4 Å². The number of ether oxygens (including phenoxy) is 1. The molecule has 2 aromatic rings. The van der Waals surface area contributed by atoms with Crippen molar-refractivity contribution in [2.24, 2.45) is 5.84 Å². The zero-order valence-electron chi connectivity index (χ0n) is 8.95. The molecule has 0 unspecified atom stereocenters. The standard InChI is InChI=1S/C8H10N6OS2/c1-15-3-6-12-5(14-9)2-7(13-6)16-8-10-4-11-17-8/h2,4H,3,9H2,1H3,(H,12,13,14). The topological polar surface area (TPSA) is 98.8 Å². The summed E-state index contributed by atoms with van der Waals surface area (Å²) in [6, 6.07) is 1.74. The fourth-order valence-corrected chi connectivity index (χ4v) is 2.50. The smallest absolute Gasteiger partial charge is 0.175 e. The zero-order chi connectivity index (χ0) is 12.1. The molecule has 2 rings (SSSR count). The Kier molecular flexibility index (Phi) is 4.20. The van der Waals surface area contributed by atoms with Crippen LogP contribution in [0.5, 0.6) is 0 Å². The summed E-state index contributed by atoms with van der Waals surface area (Å²) in [7, 11) is 1.59. The van der Waals surface area contributed by atoms with Crippen molar-refractivity contribution in [3.05, 3.63) is 18.2 Å². The SMILES string of the molecule is COCc1nc(NN)cc(Sc2ncns2)n1. The third kappa shape index (κ3) is 3.33. The van der Waals surface area contributed by atoms with Crippen LogP contribution in [0.3, 0.4) is 0 Å². The predicted molar refractivity (Wildman–Crippen MR) is 64.6 cm³/mol. The van der Waals surface area contributed by atoms with Gasteiger partial charge in [0.2, 0.25) is 0 Å². The Bertz CT molecular complexity index is 477. The monoisotopic (exact) mass is 270 g/mol. The average Bonchev–Trinajstić information content (AvgIpc) is 2.82. The molecular formula is C8H10N6OS2. The van der Waals surface area contributed by atoms with Crippen molar-refractivity contribution in [3.8, 4) is 0 Å². The Morgan fingerprint density at radius 2 is 2.41 bits per heavy atom. The molecule has 0 aromatic carbocycles. The molecule has 3 N–H and O–H groups in total. The third-order valence-electron chi connectivity index (χ3n) is 1.70. The number of anilines is 1. The van der Waals surface area contributed by atoms with Gasteiger partial charge in [-0.3, -0.25) is 0 Å². The molecule has 0 atom stereocenters. The number of hydrogen-bond acceptors (Lipinski definition) is 9. The van der Waals surface area contributed by atoms with Gasteiger partial charge >= 0.3 is 0 Å². The van der Waals surface area contributed by atoms with E-state index in [0.29, 0.717) is 18.2 Å². The summed E-state index contributed by atoms with van der Waals surface area (Å²) >= 11 is 2.72. The molecule has 0 aliphatic carbocycles. The number of hydrazine groups is 1. The summed E-state index contributed by atoms with van der Waals surface area (Å²) < 4.78 is 9.73. The molecule has 0 fully saturated rings. The Balaban J connectivity index is 2.23. The van der Waals surface area contributed by atoms with Gasteiger partial charge in [0.1, 0.15) is 23.8 Å². The number of hydrogen-bond donors (Lipinski definition) is 2. The quantitative estimate of drug-likeness (QED) is 0.470. The summed E-state index contributed by atoms with van der Waals surface area (Å²) in [5, 5.41) is 0.747. The van der Waals surface area contributed by atoms with E-state index in [9.17, 15) is 0 Å². The molecular weight excluding hydrogens is 260 g/mol. The van der Waals surface area contributed by atoms with Crippen molar-refractivity contribution in [2.75, 3.05) is 12.5 Å². The van der Waals surface area contributed by atoms with Crippen molar-refractivity contribution >= 4 is 29.1 Å². The van der Waals surface area contributed by atoms with Crippen LogP contribution in [0.2, 0.25) is 0 Å². The first-order valence-corrected chi connectivity index (χ1v) is 6.19. The first kappa shape index (κ1) is 12.2. The fraction of sp³-hybridized carbons (Fsp3) is 0.250. The molecule has 90 valence electrons. The fourth-order valence-electron chi connectivity index (χ4n) is 1.09. The third-order valence-corrected chi connectivity index (χ3v) is 3.34. The molecule has 7 nitrogen and oxygen atoms in total. The highest BCUT2D eigenvalue weighted by Crippen LogP contribution is 2.27.